The molecule has 0 atom stereocenters. The first-order chi connectivity index (χ1) is 13.9. The Bertz CT molecular complexity index is 986. The smallest absolute Gasteiger partial charge is 0.422 e. The molecule has 30 heavy (non-hydrogen) atoms. The van der Waals surface area contributed by atoms with Crippen LogP contribution in [0.4, 0.5) is 29.5 Å². The van der Waals surface area contributed by atoms with Gasteiger partial charge in [0.1, 0.15) is 11.9 Å². The van der Waals surface area contributed by atoms with Crippen LogP contribution in [0.25, 0.3) is 5.69 Å². The van der Waals surface area contributed by atoms with Gasteiger partial charge in [0.15, 0.2) is 0 Å². The van der Waals surface area contributed by atoms with Gasteiger partial charge in [0.05, 0.1) is 27.1 Å². The number of hydrogen-bond donors (Lipinski definition) is 0. The first kappa shape index (κ1) is 23.4. The van der Waals surface area contributed by atoms with Crippen molar-refractivity contribution in [2.24, 2.45) is 0 Å². The van der Waals surface area contributed by atoms with Crippen molar-refractivity contribution in [3.63, 3.8) is 0 Å². The Morgan fingerprint density at radius 1 is 1.27 bits per heavy atom. The number of hydrogen-bond acceptors (Lipinski definition) is 6. The number of carbonyl (C=O) groups is 2. The molecule has 9 nitrogen and oxygen atoms in total. The highest BCUT2D eigenvalue weighted by atomic mass is 35.5. The van der Waals surface area contributed by atoms with Gasteiger partial charge in [-0.2, -0.15) is 23.2 Å². The fourth-order valence-corrected chi connectivity index (χ4v) is 3.07. The largest absolute Gasteiger partial charge is 0.449 e. The lowest BCUT2D eigenvalue weighted by Gasteiger charge is -2.21. The second kappa shape index (κ2) is 8.88. The maximum atomic E-state index is 13.0. The number of alkyl halides is 3. The van der Waals surface area contributed by atoms with Gasteiger partial charge in [-0.15, -0.1) is 0 Å². The highest BCUT2D eigenvalue weighted by molar-refractivity contribution is 6.38. The maximum absolute atomic E-state index is 13.0. The van der Waals surface area contributed by atoms with Crippen molar-refractivity contribution in [2.75, 3.05) is 11.5 Å². The monoisotopic (exact) mass is 468 g/mol. The molecule has 0 aliphatic carbocycles. The zero-order chi connectivity index (χ0) is 22.8. The highest BCUT2D eigenvalue weighted by Crippen LogP contribution is 2.40. The van der Waals surface area contributed by atoms with Gasteiger partial charge in [-0.3, -0.25) is 14.9 Å². The normalized spacial score (nSPS) is 11.3. The summed E-state index contributed by atoms with van der Waals surface area (Å²) in [6.07, 6.45) is -5.56. The van der Waals surface area contributed by atoms with Crippen LogP contribution >= 0.6 is 23.2 Å². The maximum Gasteiger partial charge on any atom is 0.422 e. The summed E-state index contributed by atoms with van der Waals surface area (Å²) in [6.45, 7) is 2.68. The van der Waals surface area contributed by atoms with E-state index in [1.165, 1.54) is 13.8 Å². The average molecular weight is 469 g/mol. The number of benzene rings is 1. The molecule has 0 saturated heterocycles. The summed E-state index contributed by atoms with van der Waals surface area (Å²) in [5.74, 6) is -1.58. The lowest BCUT2D eigenvalue weighted by Crippen LogP contribution is -2.39. The Balaban J connectivity index is 2.82. The van der Waals surface area contributed by atoms with Crippen molar-refractivity contribution in [2.45, 2.75) is 26.4 Å². The molecule has 2 amide bonds. The van der Waals surface area contributed by atoms with E-state index in [2.05, 4.69) is 5.10 Å². The van der Waals surface area contributed by atoms with Crippen LogP contribution < -0.4 is 4.90 Å². The van der Waals surface area contributed by atoms with Crippen molar-refractivity contribution >= 4 is 46.7 Å². The summed E-state index contributed by atoms with van der Waals surface area (Å²) < 4.78 is 44.4. The van der Waals surface area contributed by atoms with Gasteiger partial charge in [-0.25, -0.2) is 9.48 Å². The Morgan fingerprint density at radius 2 is 1.83 bits per heavy atom. The average Bonchev–Trinajstić information content (AvgIpc) is 3.05. The quantitative estimate of drug-likeness (QED) is 0.450. The van der Waals surface area contributed by atoms with E-state index >= 15 is 0 Å². The van der Waals surface area contributed by atoms with E-state index in [0.29, 0.717) is 27.9 Å². The van der Waals surface area contributed by atoms with Crippen molar-refractivity contribution < 1.29 is 32.4 Å². The summed E-state index contributed by atoms with van der Waals surface area (Å²) in [5, 5.41) is 14.1. The minimum Gasteiger partial charge on any atom is -0.449 e. The number of halogens is 5. The van der Waals surface area contributed by atoms with Crippen LogP contribution in [0, 0.1) is 10.1 Å². The third-order valence-corrected chi connectivity index (χ3v) is 4.27. The minimum atomic E-state index is -4.76. The Hall–Kier alpha value is -2.86. The summed E-state index contributed by atoms with van der Waals surface area (Å²) in [6, 6.07) is 1.08. The SMILES string of the molecule is CCOC(=O)N(C(=O)CC)c1c([N+](=O)[O-])cnn1-c1c(Cl)cc(C(F)(F)F)cc1Cl. The van der Waals surface area contributed by atoms with Crippen LogP contribution in [0.3, 0.4) is 0 Å². The lowest BCUT2D eigenvalue weighted by atomic mass is 10.2. The number of amides is 2. The number of anilines is 1. The van der Waals surface area contributed by atoms with Gasteiger partial charge >= 0.3 is 18.0 Å². The standard InChI is InChI=1S/C16H13Cl2F3N4O5/c1-3-12(26)23(15(27)30-4-2)14-11(25(28)29)7-22-24(14)13-9(17)5-8(6-10(13)18)16(19,20)21/h5-7H,3-4H2,1-2H3. The summed E-state index contributed by atoms with van der Waals surface area (Å²) in [4.78, 5) is 35.6. The second-order valence-corrected chi connectivity index (χ2v) is 6.40. The second-order valence-electron chi connectivity index (χ2n) is 5.59. The van der Waals surface area contributed by atoms with Crippen molar-refractivity contribution in [3.8, 4) is 5.69 Å². The van der Waals surface area contributed by atoms with E-state index in [0.717, 1.165) is 0 Å². The summed E-state index contributed by atoms with van der Waals surface area (Å²) in [7, 11) is 0. The number of imide groups is 1. The van der Waals surface area contributed by atoms with E-state index in [1.807, 2.05) is 0 Å². The molecule has 0 aliphatic heterocycles. The fourth-order valence-electron chi connectivity index (χ4n) is 2.42. The van der Waals surface area contributed by atoms with Crippen LogP contribution in [0.1, 0.15) is 25.8 Å². The molecule has 0 bridgehead atoms. The molecule has 0 N–H and O–H groups in total. The molecule has 0 radical (unpaired) electrons. The molecule has 0 unspecified atom stereocenters. The molecule has 0 spiro atoms. The van der Waals surface area contributed by atoms with E-state index in [4.69, 9.17) is 27.9 Å². The highest BCUT2D eigenvalue weighted by Gasteiger charge is 2.37. The summed E-state index contributed by atoms with van der Waals surface area (Å²) >= 11 is 11.9. The number of aromatic nitrogens is 2. The molecule has 1 aromatic carbocycles. The van der Waals surface area contributed by atoms with Crippen molar-refractivity contribution in [1.82, 2.24) is 9.78 Å². The molecule has 2 aromatic rings. The van der Waals surface area contributed by atoms with Gasteiger partial charge < -0.3 is 4.74 Å². The number of carbonyl (C=O) groups excluding carboxylic acids is 2. The molecule has 2 rings (SSSR count). The zero-order valence-corrected chi connectivity index (χ0v) is 16.9. The number of nitro groups is 1. The Morgan fingerprint density at radius 3 is 2.27 bits per heavy atom. The van der Waals surface area contributed by atoms with E-state index in [-0.39, 0.29) is 13.0 Å². The van der Waals surface area contributed by atoms with Crippen LogP contribution in [-0.2, 0) is 15.7 Å². The predicted molar refractivity (Wildman–Crippen MR) is 100 cm³/mol. The number of nitrogens with zero attached hydrogens (tertiary/aromatic N) is 4. The molecular formula is C16H13Cl2F3N4O5. The molecule has 1 heterocycles. The topological polar surface area (TPSA) is 108 Å². The first-order valence-electron chi connectivity index (χ1n) is 8.22. The van der Waals surface area contributed by atoms with Crippen molar-refractivity contribution in [3.05, 3.63) is 44.1 Å². The van der Waals surface area contributed by atoms with Gasteiger partial charge in [-0.05, 0) is 19.1 Å². The first-order valence-corrected chi connectivity index (χ1v) is 8.98. The van der Waals surface area contributed by atoms with Gasteiger partial charge in [0.2, 0.25) is 11.7 Å². The lowest BCUT2D eigenvalue weighted by molar-refractivity contribution is -0.384. The third-order valence-electron chi connectivity index (χ3n) is 3.69. The Labute approximate surface area is 177 Å². The molecule has 0 aliphatic rings. The molecule has 14 heteroatoms. The van der Waals surface area contributed by atoms with Crippen LogP contribution in [0.15, 0.2) is 18.3 Å². The molecule has 1 aromatic heterocycles. The molecular weight excluding hydrogens is 456 g/mol. The van der Waals surface area contributed by atoms with E-state index in [9.17, 15) is 32.9 Å². The molecule has 162 valence electrons. The van der Waals surface area contributed by atoms with Crippen LogP contribution in [0.5, 0.6) is 0 Å². The molecule has 0 saturated carbocycles. The van der Waals surface area contributed by atoms with E-state index in [1.54, 1.807) is 0 Å². The van der Waals surface area contributed by atoms with Gasteiger partial charge in [0, 0.05) is 6.42 Å². The third kappa shape index (κ3) is 4.49. The predicted octanol–water partition coefficient (Wildman–Crippen LogP) is 5.01. The van der Waals surface area contributed by atoms with E-state index < -0.39 is 55.9 Å². The number of ether oxygens (including phenoxy) is 1. The zero-order valence-electron chi connectivity index (χ0n) is 15.4. The minimum absolute atomic E-state index is 0.157. The fraction of sp³-hybridized carbons (Fsp3) is 0.312. The van der Waals surface area contributed by atoms with Crippen LogP contribution in [0.2, 0.25) is 10.0 Å². The Kier molecular flexibility index (Phi) is 6.93. The van der Waals surface area contributed by atoms with Gasteiger partial charge in [-0.1, -0.05) is 30.1 Å². The summed E-state index contributed by atoms with van der Waals surface area (Å²) in [5.41, 5.74) is -2.36. The van der Waals surface area contributed by atoms with Crippen molar-refractivity contribution in [1.29, 1.82) is 0 Å². The number of rotatable bonds is 5. The molecule has 0 fully saturated rings. The van der Waals surface area contributed by atoms with Crippen LogP contribution in [-0.4, -0.2) is 33.3 Å². The van der Waals surface area contributed by atoms with Gasteiger partial charge in [0.25, 0.3) is 0 Å².